The van der Waals surface area contributed by atoms with E-state index in [0.29, 0.717) is 5.69 Å². The van der Waals surface area contributed by atoms with Gasteiger partial charge in [-0.3, -0.25) is 14.9 Å². The van der Waals surface area contributed by atoms with Gasteiger partial charge < -0.3 is 4.90 Å². The largest absolute Gasteiger partial charge is 0.307 e. The molecule has 1 heterocycles. The number of nitro groups is 1. The molecular weight excluding hydrogens is 316 g/mol. The summed E-state index contributed by atoms with van der Waals surface area (Å²) in [5.74, 6) is -0.109. The van der Waals surface area contributed by atoms with E-state index in [1.165, 1.54) is 19.1 Å². The molecule has 1 amide bonds. The molecule has 0 saturated heterocycles. The lowest BCUT2D eigenvalue weighted by Crippen LogP contribution is -2.55. The van der Waals surface area contributed by atoms with Gasteiger partial charge in [-0.05, 0) is 37.5 Å². The summed E-state index contributed by atoms with van der Waals surface area (Å²) in [6.45, 7) is 7.68. The van der Waals surface area contributed by atoms with E-state index in [0.717, 1.165) is 17.5 Å². The second-order valence-corrected chi connectivity index (χ2v) is 7.50. The number of anilines is 1. The summed E-state index contributed by atoms with van der Waals surface area (Å²) < 4.78 is 0. The number of rotatable bonds is 2. The number of nitrogens with zero attached hydrogens (tertiary/aromatic N) is 2. The normalized spacial score (nSPS) is 21.5. The first-order chi connectivity index (χ1) is 11.7. The molecule has 25 heavy (non-hydrogen) atoms. The van der Waals surface area contributed by atoms with E-state index in [9.17, 15) is 14.9 Å². The number of amides is 1. The van der Waals surface area contributed by atoms with Gasteiger partial charge >= 0.3 is 0 Å². The minimum absolute atomic E-state index is 0.00175. The van der Waals surface area contributed by atoms with E-state index >= 15 is 0 Å². The van der Waals surface area contributed by atoms with E-state index in [1.807, 2.05) is 32.0 Å². The first kappa shape index (κ1) is 17.1. The zero-order chi connectivity index (χ0) is 18.4. The van der Waals surface area contributed by atoms with Crippen LogP contribution in [0.25, 0.3) is 0 Å². The van der Waals surface area contributed by atoms with Crippen LogP contribution in [0.1, 0.15) is 45.2 Å². The Hall–Kier alpha value is -2.69. The molecule has 5 heteroatoms. The summed E-state index contributed by atoms with van der Waals surface area (Å²) in [7, 11) is 0. The Balaban J connectivity index is 2.31. The first-order valence-electron chi connectivity index (χ1n) is 8.32. The van der Waals surface area contributed by atoms with Gasteiger partial charge in [0.05, 0.1) is 10.6 Å². The van der Waals surface area contributed by atoms with Crippen molar-refractivity contribution in [3.05, 3.63) is 69.8 Å². The summed E-state index contributed by atoms with van der Waals surface area (Å²) in [5.41, 5.74) is 1.92. The molecule has 0 saturated carbocycles. The maximum Gasteiger partial charge on any atom is 0.271 e. The summed E-state index contributed by atoms with van der Waals surface area (Å²) in [4.78, 5) is 24.9. The van der Waals surface area contributed by atoms with E-state index in [4.69, 9.17) is 0 Å². The topological polar surface area (TPSA) is 63.5 Å². The van der Waals surface area contributed by atoms with Crippen molar-refractivity contribution in [2.45, 2.75) is 45.1 Å². The smallest absolute Gasteiger partial charge is 0.271 e. The van der Waals surface area contributed by atoms with Crippen molar-refractivity contribution in [2.24, 2.45) is 0 Å². The van der Waals surface area contributed by atoms with Crippen molar-refractivity contribution < 1.29 is 9.72 Å². The zero-order valence-electron chi connectivity index (χ0n) is 14.9. The van der Waals surface area contributed by atoms with Gasteiger partial charge in [-0.15, -0.1) is 0 Å². The molecule has 0 aromatic heterocycles. The number of nitro benzene ring substituents is 1. The fourth-order valence-corrected chi connectivity index (χ4v) is 4.31. The molecule has 3 rings (SSSR count). The number of non-ortho nitro benzene ring substituents is 1. The Bertz CT molecular complexity index is 845. The highest BCUT2D eigenvalue weighted by Crippen LogP contribution is 2.51. The van der Waals surface area contributed by atoms with Crippen LogP contribution in [0.4, 0.5) is 11.4 Å². The number of carbonyl (C=O) groups excluding carboxylic acids is 1. The van der Waals surface area contributed by atoms with E-state index in [1.54, 1.807) is 11.0 Å². The Morgan fingerprint density at radius 1 is 1.12 bits per heavy atom. The Morgan fingerprint density at radius 3 is 2.32 bits per heavy atom. The Kier molecular flexibility index (Phi) is 3.90. The highest BCUT2D eigenvalue weighted by Gasteiger charge is 2.47. The number of hydrogen-bond acceptors (Lipinski definition) is 3. The van der Waals surface area contributed by atoms with Gasteiger partial charge in [0, 0.05) is 30.0 Å². The number of carbonyl (C=O) groups is 1. The first-order valence-corrected chi connectivity index (χ1v) is 8.32. The summed E-state index contributed by atoms with van der Waals surface area (Å²) in [6, 6.07) is 15.0. The third-order valence-corrected chi connectivity index (χ3v) is 5.14. The molecule has 2 aromatic rings. The molecule has 1 aliphatic rings. The molecule has 0 N–H and O–H groups in total. The Morgan fingerprint density at radius 2 is 1.76 bits per heavy atom. The predicted molar refractivity (Wildman–Crippen MR) is 97.8 cm³/mol. The molecule has 1 aliphatic heterocycles. The lowest BCUT2D eigenvalue weighted by molar-refractivity contribution is -0.384. The predicted octanol–water partition coefficient (Wildman–Crippen LogP) is 4.44. The van der Waals surface area contributed by atoms with Crippen LogP contribution in [0.3, 0.4) is 0 Å². The second-order valence-electron chi connectivity index (χ2n) is 7.50. The molecule has 1 unspecified atom stereocenters. The van der Waals surface area contributed by atoms with Crippen LogP contribution in [0.15, 0.2) is 48.5 Å². The maximum atomic E-state index is 12.4. The molecule has 0 spiro atoms. The minimum atomic E-state index is -0.460. The lowest BCUT2D eigenvalue weighted by atomic mass is 9.65. The average molecular weight is 338 g/mol. The van der Waals surface area contributed by atoms with Crippen LogP contribution in [0.2, 0.25) is 0 Å². The van der Waals surface area contributed by atoms with E-state index in [2.05, 4.69) is 19.1 Å². The van der Waals surface area contributed by atoms with Gasteiger partial charge in [-0.25, -0.2) is 0 Å². The fourth-order valence-electron chi connectivity index (χ4n) is 4.31. The molecule has 130 valence electrons. The highest BCUT2D eigenvalue weighted by molar-refractivity contribution is 5.95. The summed E-state index contributed by atoms with van der Waals surface area (Å²) in [5, 5.41) is 11.3. The lowest BCUT2D eigenvalue weighted by Gasteiger charge is -2.51. The quantitative estimate of drug-likeness (QED) is 0.601. The molecule has 5 nitrogen and oxygen atoms in total. The van der Waals surface area contributed by atoms with Gasteiger partial charge in [-0.1, -0.05) is 37.3 Å². The summed E-state index contributed by atoms with van der Waals surface area (Å²) in [6.07, 6.45) is 0.731. The van der Waals surface area contributed by atoms with E-state index < -0.39 is 10.5 Å². The third-order valence-electron chi connectivity index (χ3n) is 5.14. The average Bonchev–Trinajstić information content (AvgIpc) is 2.53. The maximum absolute atomic E-state index is 12.4. The van der Waals surface area contributed by atoms with Crippen LogP contribution in [0.5, 0.6) is 0 Å². The van der Waals surface area contributed by atoms with Gasteiger partial charge in [0.1, 0.15) is 0 Å². The number of fused-ring (bicyclic) bond motifs is 1. The van der Waals surface area contributed by atoms with Crippen molar-refractivity contribution in [2.75, 3.05) is 4.90 Å². The van der Waals surface area contributed by atoms with Crippen molar-refractivity contribution in [3.63, 3.8) is 0 Å². The van der Waals surface area contributed by atoms with Gasteiger partial charge in [0.2, 0.25) is 5.91 Å². The molecular formula is C20H22N2O3. The molecule has 0 fully saturated rings. The summed E-state index contributed by atoms with van der Waals surface area (Å²) >= 11 is 0. The highest BCUT2D eigenvalue weighted by atomic mass is 16.6. The van der Waals surface area contributed by atoms with Crippen LogP contribution in [-0.2, 0) is 10.2 Å². The molecule has 1 atom stereocenters. The van der Waals surface area contributed by atoms with Gasteiger partial charge in [-0.2, -0.15) is 0 Å². The van der Waals surface area contributed by atoms with Crippen molar-refractivity contribution in [3.8, 4) is 0 Å². The van der Waals surface area contributed by atoms with Gasteiger partial charge in [0.15, 0.2) is 0 Å². The number of benzene rings is 2. The molecule has 0 radical (unpaired) electrons. The van der Waals surface area contributed by atoms with Crippen LogP contribution in [-0.4, -0.2) is 16.4 Å². The van der Waals surface area contributed by atoms with Crippen LogP contribution < -0.4 is 4.90 Å². The Labute approximate surface area is 147 Å². The fraction of sp³-hybridized carbons (Fsp3) is 0.350. The molecule has 2 aromatic carbocycles. The monoisotopic (exact) mass is 338 g/mol. The van der Waals surface area contributed by atoms with Crippen LogP contribution in [0, 0.1) is 10.1 Å². The van der Waals surface area contributed by atoms with Crippen molar-refractivity contribution in [1.29, 1.82) is 0 Å². The van der Waals surface area contributed by atoms with Gasteiger partial charge in [0.25, 0.3) is 5.69 Å². The van der Waals surface area contributed by atoms with Crippen molar-refractivity contribution >= 4 is 17.3 Å². The third kappa shape index (κ3) is 2.69. The zero-order valence-corrected chi connectivity index (χ0v) is 14.9. The molecule has 0 aliphatic carbocycles. The van der Waals surface area contributed by atoms with E-state index in [-0.39, 0.29) is 17.0 Å². The van der Waals surface area contributed by atoms with Crippen molar-refractivity contribution in [1.82, 2.24) is 0 Å². The number of hydrogen-bond donors (Lipinski definition) is 0. The molecule has 0 bridgehead atoms. The minimum Gasteiger partial charge on any atom is -0.307 e. The SMILES string of the molecule is CC(=O)N1c2cc([N+](=O)[O-])ccc2C(C)(c2ccccc2)CC1(C)C. The second kappa shape index (κ2) is 5.69. The standard InChI is InChI=1S/C20H22N2O3/c1-14(23)21-18-12-16(22(24)25)10-11-17(18)20(4,13-19(21,2)3)15-8-6-5-7-9-15/h5-12H,13H2,1-4H3. The van der Waals surface area contributed by atoms with Crippen LogP contribution >= 0.6 is 0 Å².